The van der Waals surface area contributed by atoms with Gasteiger partial charge in [0.2, 0.25) is 0 Å². The molecule has 7 fully saturated rings. The monoisotopic (exact) mass is 2020 g/mol. The lowest BCUT2D eigenvalue weighted by Crippen LogP contribution is -2.41. The van der Waals surface area contributed by atoms with Crippen LogP contribution in [0.2, 0.25) is 25.1 Å². The lowest BCUT2D eigenvalue weighted by molar-refractivity contribution is -0.127. The molecule has 748 valence electrons. The van der Waals surface area contributed by atoms with Gasteiger partial charge in [0.15, 0.2) is 28.9 Å². The molecule has 35 heteroatoms. The first-order valence-corrected chi connectivity index (χ1v) is 48.9. The lowest BCUT2D eigenvalue weighted by atomic mass is 9.79. The minimum absolute atomic E-state index is 0.00118. The number of aromatic nitrogens is 5. The van der Waals surface area contributed by atoms with Crippen LogP contribution in [-0.4, -0.2) is 202 Å². The first-order valence-electron chi connectivity index (χ1n) is 47.0. The third-order valence-electron chi connectivity index (χ3n) is 27.8. The van der Waals surface area contributed by atoms with Crippen molar-refractivity contribution in [1.29, 1.82) is 0 Å². The second kappa shape index (κ2) is 45.0. The molecule has 137 heavy (non-hydrogen) atoms. The van der Waals surface area contributed by atoms with Gasteiger partial charge in [0.1, 0.15) is 0 Å². The zero-order valence-corrected chi connectivity index (χ0v) is 80.9. The SMILES string of the molecule is COCCc1cc(C(=O)CCC2(O)CCCC(F)(F)C2)c2c(Cl)cccn12.COCCc1cc(C(=O)CC[C@@]2(O)CCCC(F)(F)C2)c2c(Cl)cccn12.COCCc1cc(C(=O)CC[C@]2(O)CCCC(F)(F)C2)c2c(Cl)cccn12.O=C(CCC1(O)CCCC(F)(F)C1)c1cc(C2CCOC2)n2cccc(Cl)c12.O=C(CC[C@@]1(O)CCCC(F)(F)C1)c1cc(C2CCOC2)n2cccc(Cl)c12. The van der Waals surface area contributed by atoms with E-state index in [1.165, 1.54) is 0 Å². The second-order valence-electron chi connectivity index (χ2n) is 38.5. The summed E-state index contributed by atoms with van der Waals surface area (Å²) in [4.78, 5) is 64.5. The van der Waals surface area contributed by atoms with Crippen molar-refractivity contribution >= 4 is 115 Å². The van der Waals surface area contributed by atoms with E-state index in [-0.39, 0.29) is 169 Å². The number of carbonyl (C=O) groups excluding carboxylic acids is 5. The van der Waals surface area contributed by atoms with Crippen LogP contribution in [0.15, 0.2) is 122 Å². The van der Waals surface area contributed by atoms with Crippen molar-refractivity contribution < 1.29 is 117 Å². The maximum atomic E-state index is 13.7. The molecule has 10 aromatic heterocycles. The Morgan fingerprint density at radius 1 is 0.336 bits per heavy atom. The number of carbonyl (C=O) groups is 5. The fourth-order valence-electron chi connectivity index (χ4n) is 20.9. The third-order valence-corrected chi connectivity index (χ3v) is 29.4. The summed E-state index contributed by atoms with van der Waals surface area (Å²) < 4.78 is 173. The molecule has 5 aliphatic carbocycles. The maximum absolute atomic E-state index is 13.7. The molecule has 0 aromatic carbocycles. The molecule has 0 spiro atoms. The number of aliphatic hydroxyl groups is 5. The van der Waals surface area contributed by atoms with Crippen LogP contribution in [0.25, 0.3) is 27.6 Å². The topological polar surface area (TPSA) is 255 Å². The van der Waals surface area contributed by atoms with E-state index in [0.29, 0.717) is 178 Å². The molecule has 7 aliphatic rings. The Morgan fingerprint density at radius 2 is 0.547 bits per heavy atom. The van der Waals surface area contributed by atoms with Gasteiger partial charge in [-0.25, -0.2) is 43.9 Å². The number of alkyl halides is 10. The number of hydrogen-bond acceptors (Lipinski definition) is 15. The highest BCUT2D eigenvalue weighted by Crippen LogP contribution is 2.49. The number of Topliss-reactive ketones (excluding diaryl/α,β-unsaturated/α-hetero) is 5. The van der Waals surface area contributed by atoms with E-state index in [9.17, 15) is 93.4 Å². The summed E-state index contributed by atoms with van der Waals surface area (Å²) in [6.07, 6.45) is 11.9. The van der Waals surface area contributed by atoms with E-state index in [4.69, 9.17) is 81.7 Å². The summed E-state index contributed by atoms with van der Waals surface area (Å²) in [5.74, 6) is -14.9. The van der Waals surface area contributed by atoms with Gasteiger partial charge in [-0.15, -0.1) is 0 Å². The Labute approximate surface area is 813 Å². The van der Waals surface area contributed by atoms with E-state index in [1.807, 2.05) is 77.3 Å². The summed E-state index contributed by atoms with van der Waals surface area (Å²) in [6.45, 7) is 4.07. The van der Waals surface area contributed by atoms with Crippen LogP contribution in [0.1, 0.15) is 298 Å². The molecule has 5 N–H and O–H groups in total. The quantitative estimate of drug-likeness (QED) is 0.0200. The average Bonchev–Trinajstić information content (AvgIpc) is 1.61. The molecule has 4 unspecified atom stereocenters. The zero-order valence-electron chi connectivity index (χ0n) is 77.1. The van der Waals surface area contributed by atoms with Gasteiger partial charge in [-0.1, -0.05) is 58.0 Å². The second-order valence-corrected chi connectivity index (χ2v) is 40.5. The van der Waals surface area contributed by atoms with Crippen molar-refractivity contribution in [2.75, 3.05) is 67.6 Å². The molecule has 0 bridgehead atoms. The van der Waals surface area contributed by atoms with Crippen LogP contribution in [0.4, 0.5) is 43.9 Å². The van der Waals surface area contributed by atoms with Gasteiger partial charge in [-0.05, 0) is 200 Å². The average molecular weight is 2020 g/mol. The number of ether oxygens (including phenoxy) is 5. The van der Waals surface area contributed by atoms with Gasteiger partial charge < -0.3 is 71.2 Å². The largest absolute Gasteiger partial charge is 0.390 e. The van der Waals surface area contributed by atoms with Crippen molar-refractivity contribution in [3.05, 3.63) is 203 Å². The zero-order chi connectivity index (χ0) is 98.9. The van der Waals surface area contributed by atoms with E-state index in [0.717, 1.165) is 41.3 Å². The third kappa shape index (κ3) is 26.9. The first kappa shape index (κ1) is 107. The van der Waals surface area contributed by atoms with Crippen molar-refractivity contribution in [1.82, 2.24) is 22.0 Å². The standard InChI is InChI=1S/2C21H24ClF2NO3.3C20H24ClF2NO3/c2*22-16-3-1-9-25-17(14-5-10-28-12-14)11-15(19(16)25)18(26)4-8-20(27)6-2-7-21(23,24)13-20;3*1-27-11-6-14-12-15(18-16(21)4-2-10-24(14)18)17(25)5-9-19(26)7-3-8-20(22,23)13-19/h2*1,3,9,11,14,27H,2,4-8,10,12-13H2;3*2,4,10,12,26H,3,5-9,11,13H2,1H3/t14?,20-;;2*19-;/m0.10./s1. The van der Waals surface area contributed by atoms with Crippen LogP contribution in [0.5, 0.6) is 0 Å². The van der Waals surface area contributed by atoms with Crippen LogP contribution >= 0.6 is 58.0 Å². The highest BCUT2D eigenvalue weighted by Gasteiger charge is 2.50. The molecule has 0 amide bonds. The lowest BCUT2D eigenvalue weighted by Gasteiger charge is -2.36. The minimum Gasteiger partial charge on any atom is -0.390 e. The van der Waals surface area contributed by atoms with Crippen molar-refractivity contribution in [2.45, 2.75) is 294 Å². The molecule has 7 atom stereocenters. The van der Waals surface area contributed by atoms with E-state index >= 15 is 0 Å². The molecule has 17 rings (SSSR count). The molecular formula is C102H120Cl5F10N5O15. The van der Waals surface area contributed by atoms with Gasteiger partial charge >= 0.3 is 0 Å². The number of ketones is 5. The number of methoxy groups -OCH3 is 3. The van der Waals surface area contributed by atoms with Crippen LogP contribution in [-0.2, 0) is 42.9 Å². The minimum atomic E-state index is -2.87. The Balaban J connectivity index is 0.000000145. The van der Waals surface area contributed by atoms with E-state index in [1.54, 1.807) is 88.1 Å². The van der Waals surface area contributed by atoms with Crippen LogP contribution in [0.3, 0.4) is 0 Å². The van der Waals surface area contributed by atoms with Gasteiger partial charge in [-0.2, -0.15) is 0 Å². The van der Waals surface area contributed by atoms with Gasteiger partial charge in [0, 0.05) is 249 Å². The smallest absolute Gasteiger partial charge is 0.250 e. The molecule has 0 radical (unpaired) electrons. The molecule has 2 saturated heterocycles. The van der Waals surface area contributed by atoms with Crippen LogP contribution < -0.4 is 0 Å². The Hall–Kier alpha value is -7.50. The molecular weight excluding hydrogens is 1900 g/mol. The van der Waals surface area contributed by atoms with Crippen LogP contribution in [0, 0.1) is 0 Å². The predicted octanol–water partition coefficient (Wildman–Crippen LogP) is 24.1. The van der Waals surface area contributed by atoms with E-state index in [2.05, 4.69) is 0 Å². The molecule has 20 nitrogen and oxygen atoms in total. The molecule has 5 saturated carbocycles. The highest BCUT2D eigenvalue weighted by atomic mass is 35.5. The summed E-state index contributed by atoms with van der Waals surface area (Å²) in [7, 11) is 4.82. The van der Waals surface area contributed by atoms with Gasteiger partial charge in [0.25, 0.3) is 29.6 Å². The fraction of sp³-hybridized carbons (Fsp3) is 0.559. The number of rotatable bonds is 31. The molecule has 2 aliphatic heterocycles. The Morgan fingerprint density at radius 3 is 0.752 bits per heavy atom. The first-order chi connectivity index (χ1) is 64.8. The normalized spacial score (nSPS) is 24.3. The summed E-state index contributed by atoms with van der Waals surface area (Å²) in [6, 6.07) is 26.7. The van der Waals surface area contributed by atoms with Gasteiger partial charge in [0.05, 0.1) is 114 Å². The van der Waals surface area contributed by atoms with Gasteiger partial charge in [-0.3, -0.25) is 24.0 Å². The van der Waals surface area contributed by atoms with Crippen molar-refractivity contribution in [3.63, 3.8) is 0 Å². The molecule has 10 aromatic rings. The highest BCUT2D eigenvalue weighted by molar-refractivity contribution is 6.37. The van der Waals surface area contributed by atoms with Crippen molar-refractivity contribution in [3.8, 4) is 0 Å². The number of pyridine rings is 5. The summed E-state index contributed by atoms with van der Waals surface area (Å²) in [5.41, 5.74) is 2.60. The number of fused-ring (bicyclic) bond motifs is 5. The number of nitrogens with zero attached hydrogens (tertiary/aromatic N) is 5. The predicted molar refractivity (Wildman–Crippen MR) is 505 cm³/mol. The number of hydrogen-bond donors (Lipinski definition) is 5. The number of halogens is 15. The van der Waals surface area contributed by atoms with Crippen molar-refractivity contribution in [2.24, 2.45) is 0 Å². The fourth-order valence-corrected chi connectivity index (χ4v) is 22.2. The maximum Gasteiger partial charge on any atom is 0.250 e. The Kier molecular flexibility index (Phi) is 35.1. The molecule has 12 heterocycles. The van der Waals surface area contributed by atoms with E-state index < -0.39 is 89.7 Å². The summed E-state index contributed by atoms with van der Waals surface area (Å²) >= 11 is 31.7. The Bertz CT molecular complexity index is 5460. The summed E-state index contributed by atoms with van der Waals surface area (Å²) in [5, 5.41) is 55.0.